The monoisotopic (exact) mass is 498 g/mol. The van der Waals surface area contributed by atoms with Gasteiger partial charge in [0.2, 0.25) is 5.82 Å². The minimum absolute atomic E-state index is 0.248. The normalized spacial score (nSPS) is 15.6. The van der Waals surface area contributed by atoms with Crippen LogP contribution >= 0.6 is 12.2 Å². The molecule has 0 radical (unpaired) electrons. The van der Waals surface area contributed by atoms with E-state index in [0.29, 0.717) is 23.4 Å². The van der Waals surface area contributed by atoms with Crippen LogP contribution in [-0.2, 0) is 0 Å². The number of aromatic nitrogens is 2. The summed E-state index contributed by atoms with van der Waals surface area (Å²) in [6, 6.07) is 25.3. The highest BCUT2D eigenvalue weighted by Gasteiger charge is 2.34. The Balaban J connectivity index is 1.58. The van der Waals surface area contributed by atoms with Crippen molar-refractivity contribution in [3.8, 4) is 22.9 Å². The van der Waals surface area contributed by atoms with Gasteiger partial charge in [-0.05, 0) is 80.2 Å². The summed E-state index contributed by atoms with van der Waals surface area (Å²) in [4.78, 5) is 6.76. The van der Waals surface area contributed by atoms with Gasteiger partial charge in [0.15, 0.2) is 5.11 Å². The summed E-state index contributed by atoms with van der Waals surface area (Å²) < 4.78 is 16.7. The van der Waals surface area contributed by atoms with Gasteiger partial charge in [0.1, 0.15) is 11.5 Å². The molecule has 1 aliphatic rings. The van der Waals surface area contributed by atoms with Crippen LogP contribution in [0.15, 0.2) is 89.1 Å². The van der Waals surface area contributed by atoms with Crippen molar-refractivity contribution in [2.45, 2.75) is 19.9 Å². The molecular formula is C28H26N4O3S. The second kappa shape index (κ2) is 10.2. The molecule has 36 heavy (non-hydrogen) atoms. The molecule has 1 aromatic heterocycles. The number of nitrogens with zero attached hydrogens (tertiary/aromatic N) is 3. The van der Waals surface area contributed by atoms with E-state index in [1.54, 1.807) is 7.11 Å². The standard InChI is InChI=1S/C28H26N4O3S/c1-4-34-23-14-10-20(11-15-23)26-30-27(35-31-26)24-18(2)32(21-12-16-22(33-3)17-13-21)28(36)29-25(24)19-8-6-5-7-9-19/h5-17,25H,4H2,1-3H3,(H,29,36). The number of rotatable bonds is 7. The molecule has 1 unspecified atom stereocenters. The molecule has 182 valence electrons. The van der Waals surface area contributed by atoms with Crippen molar-refractivity contribution in [3.63, 3.8) is 0 Å². The number of allylic oxidation sites excluding steroid dienone is 1. The molecule has 0 saturated carbocycles. The quantitative estimate of drug-likeness (QED) is 0.311. The second-order valence-corrected chi connectivity index (χ2v) is 8.59. The lowest BCUT2D eigenvalue weighted by molar-refractivity contribution is 0.340. The number of hydrogen-bond acceptors (Lipinski definition) is 6. The number of anilines is 1. The van der Waals surface area contributed by atoms with Crippen LogP contribution in [0.25, 0.3) is 17.0 Å². The Morgan fingerprint density at radius 1 is 0.972 bits per heavy atom. The van der Waals surface area contributed by atoms with Crippen molar-refractivity contribution >= 4 is 28.6 Å². The zero-order valence-corrected chi connectivity index (χ0v) is 21.1. The molecule has 4 aromatic rings. The third-order valence-electron chi connectivity index (χ3n) is 6.03. The summed E-state index contributed by atoms with van der Waals surface area (Å²) in [7, 11) is 1.65. The van der Waals surface area contributed by atoms with Crippen LogP contribution in [-0.4, -0.2) is 29.0 Å². The molecule has 1 N–H and O–H groups in total. The van der Waals surface area contributed by atoms with E-state index in [4.69, 9.17) is 31.2 Å². The Bertz CT molecular complexity index is 1380. The summed E-state index contributed by atoms with van der Waals surface area (Å²) >= 11 is 5.81. The number of hydrogen-bond donors (Lipinski definition) is 1. The third kappa shape index (κ3) is 4.55. The lowest BCUT2D eigenvalue weighted by atomic mass is 9.94. The lowest BCUT2D eigenvalue weighted by Crippen LogP contribution is -2.46. The molecule has 3 aromatic carbocycles. The minimum Gasteiger partial charge on any atom is -0.497 e. The first kappa shape index (κ1) is 23.6. The molecule has 0 amide bonds. The van der Waals surface area contributed by atoms with Crippen LogP contribution in [0, 0.1) is 0 Å². The lowest BCUT2D eigenvalue weighted by Gasteiger charge is -2.37. The average Bonchev–Trinajstić information content (AvgIpc) is 3.39. The van der Waals surface area contributed by atoms with E-state index in [-0.39, 0.29) is 6.04 Å². The summed E-state index contributed by atoms with van der Waals surface area (Å²) in [6.45, 7) is 4.58. The molecule has 0 aliphatic carbocycles. The van der Waals surface area contributed by atoms with Crippen LogP contribution in [0.5, 0.6) is 11.5 Å². The fourth-order valence-corrected chi connectivity index (χ4v) is 4.63. The Morgan fingerprint density at radius 2 is 1.67 bits per heavy atom. The number of methoxy groups -OCH3 is 1. The summed E-state index contributed by atoms with van der Waals surface area (Å²) in [5.41, 5.74) is 4.55. The summed E-state index contributed by atoms with van der Waals surface area (Å²) in [5.74, 6) is 2.51. The van der Waals surface area contributed by atoms with Crippen LogP contribution in [0.3, 0.4) is 0 Å². The molecule has 2 heterocycles. The van der Waals surface area contributed by atoms with Gasteiger partial charge in [-0.15, -0.1) is 0 Å². The van der Waals surface area contributed by atoms with Gasteiger partial charge in [-0.2, -0.15) is 4.98 Å². The zero-order valence-electron chi connectivity index (χ0n) is 20.3. The van der Waals surface area contributed by atoms with E-state index >= 15 is 0 Å². The van der Waals surface area contributed by atoms with E-state index in [2.05, 4.69) is 22.6 Å². The average molecular weight is 499 g/mol. The highest BCUT2D eigenvalue weighted by molar-refractivity contribution is 7.80. The van der Waals surface area contributed by atoms with Crippen molar-refractivity contribution in [1.29, 1.82) is 0 Å². The van der Waals surface area contributed by atoms with E-state index in [1.165, 1.54) is 0 Å². The predicted molar refractivity (Wildman–Crippen MR) is 144 cm³/mol. The SMILES string of the molecule is CCOc1ccc(-c2noc(C3=C(C)N(c4ccc(OC)cc4)C(=S)NC3c3ccccc3)n2)cc1. The maximum atomic E-state index is 5.83. The van der Waals surface area contributed by atoms with E-state index in [0.717, 1.165) is 39.6 Å². The fourth-order valence-electron chi connectivity index (χ4n) is 4.27. The summed E-state index contributed by atoms with van der Waals surface area (Å²) in [5, 5.41) is 8.35. The van der Waals surface area contributed by atoms with Crippen molar-refractivity contribution in [2.75, 3.05) is 18.6 Å². The molecule has 0 saturated heterocycles. The van der Waals surface area contributed by atoms with Crippen LogP contribution in [0.2, 0.25) is 0 Å². The largest absolute Gasteiger partial charge is 0.497 e. The molecule has 7 nitrogen and oxygen atoms in total. The van der Waals surface area contributed by atoms with E-state index < -0.39 is 0 Å². The fraction of sp³-hybridized carbons (Fsp3) is 0.179. The number of nitrogens with one attached hydrogen (secondary N) is 1. The van der Waals surface area contributed by atoms with Crippen molar-refractivity contribution in [3.05, 3.63) is 96.0 Å². The predicted octanol–water partition coefficient (Wildman–Crippen LogP) is 6.01. The Labute approximate surface area is 215 Å². The Hall–Kier alpha value is -4.17. The highest BCUT2D eigenvalue weighted by atomic mass is 32.1. The molecule has 0 spiro atoms. The van der Waals surface area contributed by atoms with E-state index in [1.807, 2.05) is 85.5 Å². The number of ether oxygens (including phenoxy) is 2. The number of benzene rings is 3. The van der Waals surface area contributed by atoms with Gasteiger partial charge in [0, 0.05) is 16.9 Å². The van der Waals surface area contributed by atoms with Crippen molar-refractivity contribution in [1.82, 2.24) is 15.5 Å². The van der Waals surface area contributed by atoms with Crippen molar-refractivity contribution in [2.24, 2.45) is 0 Å². The van der Waals surface area contributed by atoms with Gasteiger partial charge in [0.05, 0.1) is 25.3 Å². The topological polar surface area (TPSA) is 72.7 Å². The molecular weight excluding hydrogens is 472 g/mol. The van der Waals surface area contributed by atoms with Crippen molar-refractivity contribution < 1.29 is 14.0 Å². The van der Waals surface area contributed by atoms with Gasteiger partial charge >= 0.3 is 0 Å². The smallest absolute Gasteiger partial charge is 0.258 e. The third-order valence-corrected chi connectivity index (χ3v) is 6.33. The molecule has 0 bridgehead atoms. The summed E-state index contributed by atoms with van der Waals surface area (Å²) in [6.07, 6.45) is 0. The first-order valence-electron chi connectivity index (χ1n) is 11.7. The van der Waals surface area contributed by atoms with E-state index in [9.17, 15) is 0 Å². The van der Waals surface area contributed by atoms with Gasteiger partial charge in [-0.1, -0.05) is 35.5 Å². The Morgan fingerprint density at radius 3 is 2.33 bits per heavy atom. The molecule has 0 fully saturated rings. The number of thiocarbonyl (C=S) groups is 1. The van der Waals surface area contributed by atoms with Crippen LogP contribution in [0.1, 0.15) is 31.3 Å². The second-order valence-electron chi connectivity index (χ2n) is 8.21. The van der Waals surface area contributed by atoms with Gasteiger partial charge in [0.25, 0.3) is 5.89 Å². The minimum atomic E-state index is -0.248. The van der Waals surface area contributed by atoms with Crippen LogP contribution in [0.4, 0.5) is 5.69 Å². The maximum absolute atomic E-state index is 5.83. The van der Waals surface area contributed by atoms with Gasteiger partial charge in [-0.25, -0.2) is 0 Å². The first-order chi connectivity index (χ1) is 17.6. The molecule has 8 heteroatoms. The molecule has 1 atom stereocenters. The van der Waals surface area contributed by atoms with Gasteiger partial charge < -0.3 is 19.3 Å². The highest BCUT2D eigenvalue weighted by Crippen LogP contribution is 2.39. The maximum Gasteiger partial charge on any atom is 0.258 e. The molecule has 5 rings (SSSR count). The van der Waals surface area contributed by atoms with Crippen LogP contribution < -0.4 is 19.7 Å². The zero-order chi connectivity index (χ0) is 25.1. The first-order valence-corrected chi connectivity index (χ1v) is 12.1. The van der Waals surface area contributed by atoms with Gasteiger partial charge in [-0.3, -0.25) is 4.90 Å². The molecule has 1 aliphatic heterocycles. The Kier molecular flexibility index (Phi) is 6.69.